The Bertz CT molecular complexity index is 1400. The number of hydrogen-bond donors (Lipinski definition) is 2. The number of nitrogens with zero attached hydrogens (tertiary/aromatic N) is 5. The van der Waals surface area contributed by atoms with Gasteiger partial charge in [-0.05, 0) is 63.4 Å². The molecule has 4 rings (SSSR count). The Morgan fingerprint density at radius 2 is 1.84 bits per heavy atom. The minimum Gasteiger partial charge on any atom is -0.368 e. The van der Waals surface area contributed by atoms with E-state index in [0.29, 0.717) is 39.6 Å². The van der Waals surface area contributed by atoms with Gasteiger partial charge < -0.3 is 11.1 Å². The second-order valence-corrected chi connectivity index (χ2v) is 7.44. The fourth-order valence-electron chi connectivity index (χ4n) is 3.69. The molecule has 0 saturated carbocycles. The van der Waals surface area contributed by atoms with Crippen LogP contribution in [0.3, 0.4) is 0 Å². The molecule has 0 aliphatic rings. The Morgan fingerprint density at radius 3 is 2.53 bits per heavy atom. The van der Waals surface area contributed by atoms with Gasteiger partial charge in [0.05, 0.1) is 28.3 Å². The first-order chi connectivity index (χ1) is 15.3. The molecule has 1 unspecified atom stereocenters. The number of nitrogens with one attached hydrogen (secondary N) is 1. The first kappa shape index (κ1) is 21.1. The number of aryl methyl sites for hydroxylation is 2. The summed E-state index contributed by atoms with van der Waals surface area (Å²) in [4.78, 5) is 30.7. The highest BCUT2D eigenvalue weighted by molar-refractivity contribution is 5.81. The second-order valence-electron chi connectivity index (χ2n) is 7.44. The summed E-state index contributed by atoms with van der Waals surface area (Å²) in [6, 6.07) is 10.7. The van der Waals surface area contributed by atoms with Crippen LogP contribution >= 0.6 is 0 Å². The monoisotopic (exact) mass is 431 g/mol. The van der Waals surface area contributed by atoms with E-state index >= 15 is 0 Å². The molecule has 2 aromatic carbocycles. The Balaban J connectivity index is 1.94. The lowest BCUT2D eigenvalue weighted by Crippen LogP contribution is -2.28. The van der Waals surface area contributed by atoms with Crippen molar-refractivity contribution in [1.29, 1.82) is 0 Å². The van der Waals surface area contributed by atoms with E-state index in [9.17, 15) is 9.18 Å². The third-order valence-corrected chi connectivity index (χ3v) is 5.19. The van der Waals surface area contributed by atoms with Crippen molar-refractivity contribution in [2.45, 2.75) is 26.8 Å². The quantitative estimate of drug-likeness (QED) is 0.462. The van der Waals surface area contributed by atoms with Crippen molar-refractivity contribution < 1.29 is 4.39 Å². The van der Waals surface area contributed by atoms with E-state index in [4.69, 9.17) is 10.7 Å². The largest absolute Gasteiger partial charge is 0.368 e. The summed E-state index contributed by atoms with van der Waals surface area (Å²) in [7, 11) is 0. The third-order valence-electron chi connectivity index (χ3n) is 5.19. The number of rotatable bonds is 5. The topological polar surface area (TPSA) is 111 Å². The Kier molecular flexibility index (Phi) is 5.40. The summed E-state index contributed by atoms with van der Waals surface area (Å²) in [6.45, 7) is 9.03. The number of hydrogen-bond acceptors (Lipinski definition) is 7. The van der Waals surface area contributed by atoms with Crippen LogP contribution in [0.2, 0.25) is 0 Å². The van der Waals surface area contributed by atoms with Gasteiger partial charge in [-0.25, -0.2) is 14.4 Å². The molecule has 0 radical (unpaired) electrons. The van der Waals surface area contributed by atoms with Crippen LogP contribution in [-0.4, -0.2) is 26.2 Å². The summed E-state index contributed by atoms with van der Waals surface area (Å²) in [5.74, 6) is 0.488. The molecule has 0 saturated heterocycles. The zero-order valence-corrected chi connectivity index (χ0v) is 17.9. The number of aliphatic imine (C=N–C) groups is 1. The van der Waals surface area contributed by atoms with Crippen LogP contribution in [0.4, 0.5) is 21.8 Å². The minimum atomic E-state index is -0.494. The molecule has 2 aromatic heterocycles. The molecule has 9 heteroatoms. The van der Waals surface area contributed by atoms with Crippen LogP contribution in [0.15, 0.2) is 52.3 Å². The standard InChI is InChI=1S/C23H22FN7O/c1-12-6-5-7-17-18(12)22(32)31(16-10-8-15(24)9-11-16)21(29-17)14(3)27-20-19(26-4)13(2)28-23(25)30-20/h5-11,14H,4H2,1-3H3,(H3,25,27,28,30). The van der Waals surface area contributed by atoms with Crippen molar-refractivity contribution in [3.05, 3.63) is 75.7 Å². The number of benzene rings is 2. The van der Waals surface area contributed by atoms with Gasteiger partial charge >= 0.3 is 0 Å². The number of halogens is 1. The molecule has 4 aromatic rings. The molecule has 2 heterocycles. The molecule has 8 nitrogen and oxygen atoms in total. The summed E-state index contributed by atoms with van der Waals surface area (Å²) in [6.07, 6.45) is 0. The van der Waals surface area contributed by atoms with Crippen molar-refractivity contribution in [2.75, 3.05) is 11.1 Å². The summed E-state index contributed by atoms with van der Waals surface area (Å²) >= 11 is 0. The van der Waals surface area contributed by atoms with E-state index in [2.05, 4.69) is 27.0 Å². The lowest BCUT2D eigenvalue weighted by atomic mass is 10.1. The highest BCUT2D eigenvalue weighted by atomic mass is 19.1. The summed E-state index contributed by atoms with van der Waals surface area (Å²) < 4.78 is 15.0. The maximum Gasteiger partial charge on any atom is 0.266 e. The Hall–Kier alpha value is -4.14. The van der Waals surface area contributed by atoms with Crippen molar-refractivity contribution in [2.24, 2.45) is 4.99 Å². The number of anilines is 2. The number of nitrogen functional groups attached to an aromatic ring is 1. The molecule has 0 fully saturated rings. The van der Waals surface area contributed by atoms with E-state index < -0.39 is 11.9 Å². The van der Waals surface area contributed by atoms with E-state index in [1.807, 2.05) is 26.0 Å². The average molecular weight is 431 g/mol. The van der Waals surface area contributed by atoms with E-state index in [0.717, 1.165) is 5.56 Å². The highest BCUT2D eigenvalue weighted by Crippen LogP contribution is 2.30. The van der Waals surface area contributed by atoms with Gasteiger partial charge in [-0.15, -0.1) is 0 Å². The molecule has 3 N–H and O–H groups in total. The van der Waals surface area contributed by atoms with Crippen molar-refractivity contribution in [3.8, 4) is 5.69 Å². The number of fused-ring (bicyclic) bond motifs is 1. The normalized spacial score (nSPS) is 12.0. The van der Waals surface area contributed by atoms with E-state index in [1.54, 1.807) is 25.1 Å². The van der Waals surface area contributed by atoms with Crippen LogP contribution in [0.25, 0.3) is 16.6 Å². The molecule has 0 bridgehead atoms. The molecule has 1 atom stereocenters. The van der Waals surface area contributed by atoms with Gasteiger partial charge in [0.15, 0.2) is 5.82 Å². The lowest BCUT2D eigenvalue weighted by molar-refractivity contribution is 0.626. The van der Waals surface area contributed by atoms with Crippen LogP contribution in [0.1, 0.15) is 30.0 Å². The number of aromatic nitrogens is 4. The fourth-order valence-corrected chi connectivity index (χ4v) is 3.69. The molecule has 0 spiro atoms. The van der Waals surface area contributed by atoms with E-state index in [-0.39, 0.29) is 11.5 Å². The van der Waals surface area contributed by atoms with Gasteiger partial charge in [-0.1, -0.05) is 12.1 Å². The van der Waals surface area contributed by atoms with Gasteiger partial charge in [-0.2, -0.15) is 4.98 Å². The molecular formula is C23H22FN7O. The molecular weight excluding hydrogens is 409 g/mol. The molecule has 0 aliphatic carbocycles. The van der Waals surface area contributed by atoms with Crippen LogP contribution < -0.4 is 16.6 Å². The predicted octanol–water partition coefficient (Wildman–Crippen LogP) is 4.02. The van der Waals surface area contributed by atoms with Crippen molar-refractivity contribution in [1.82, 2.24) is 19.5 Å². The minimum absolute atomic E-state index is 0.0858. The van der Waals surface area contributed by atoms with E-state index in [1.165, 1.54) is 16.7 Å². The van der Waals surface area contributed by atoms with Gasteiger partial charge in [0.1, 0.15) is 17.3 Å². The SMILES string of the molecule is C=Nc1c(C)nc(N)nc1NC(C)c1nc2cccc(C)c2c(=O)n1-c1ccc(F)cc1. The van der Waals surface area contributed by atoms with Crippen LogP contribution in [-0.2, 0) is 0 Å². The number of nitrogens with two attached hydrogens (primary N) is 1. The smallest absolute Gasteiger partial charge is 0.266 e. The van der Waals surface area contributed by atoms with Crippen molar-refractivity contribution >= 4 is 35.1 Å². The first-order valence-corrected chi connectivity index (χ1v) is 9.95. The zero-order valence-electron chi connectivity index (χ0n) is 17.9. The highest BCUT2D eigenvalue weighted by Gasteiger charge is 2.21. The molecule has 0 aliphatic heterocycles. The van der Waals surface area contributed by atoms with Gasteiger partial charge in [0.25, 0.3) is 5.56 Å². The Morgan fingerprint density at radius 1 is 1.12 bits per heavy atom. The first-order valence-electron chi connectivity index (χ1n) is 9.95. The molecule has 162 valence electrons. The molecule has 0 amide bonds. The molecule has 32 heavy (non-hydrogen) atoms. The summed E-state index contributed by atoms with van der Waals surface area (Å²) in [5, 5.41) is 3.73. The van der Waals surface area contributed by atoms with Gasteiger partial charge in [0.2, 0.25) is 5.95 Å². The van der Waals surface area contributed by atoms with Crippen LogP contribution in [0.5, 0.6) is 0 Å². The van der Waals surface area contributed by atoms with Gasteiger partial charge in [-0.3, -0.25) is 14.4 Å². The van der Waals surface area contributed by atoms with Crippen LogP contribution in [0, 0.1) is 19.7 Å². The third kappa shape index (κ3) is 3.68. The zero-order chi connectivity index (χ0) is 23.0. The van der Waals surface area contributed by atoms with Crippen molar-refractivity contribution in [3.63, 3.8) is 0 Å². The summed E-state index contributed by atoms with van der Waals surface area (Å²) in [5.41, 5.74) is 8.47. The maximum atomic E-state index is 13.6. The second kappa shape index (κ2) is 8.18. The average Bonchev–Trinajstić information content (AvgIpc) is 2.74. The predicted molar refractivity (Wildman–Crippen MR) is 124 cm³/mol. The van der Waals surface area contributed by atoms with Gasteiger partial charge in [0, 0.05) is 0 Å². The Labute approximate surface area is 183 Å². The maximum absolute atomic E-state index is 13.6. The fraction of sp³-hybridized carbons (Fsp3) is 0.174. The lowest BCUT2D eigenvalue weighted by Gasteiger charge is -2.21.